The largest absolute Gasteiger partial charge is 0.399 e. The minimum atomic E-state index is 0.837. The van der Waals surface area contributed by atoms with Gasteiger partial charge in [-0.2, -0.15) is 0 Å². The zero-order chi connectivity index (χ0) is 10.1. The summed E-state index contributed by atoms with van der Waals surface area (Å²) in [6, 6.07) is 8.37. The second-order valence-electron chi connectivity index (χ2n) is 3.58. The van der Waals surface area contributed by atoms with E-state index in [0.717, 1.165) is 5.69 Å². The molecule has 0 aliphatic heterocycles. The van der Waals surface area contributed by atoms with Gasteiger partial charge in [-0.1, -0.05) is 6.07 Å². The summed E-state index contributed by atoms with van der Waals surface area (Å²) >= 11 is 1.77. The standard InChI is InChI=1S/C12H13NS/c1-8-3-10(6-12(13)4-8)11-5-9(2)14-7-11/h3-7H,13H2,1-2H3. The number of rotatable bonds is 1. The second kappa shape index (κ2) is 3.46. The number of hydrogen-bond donors (Lipinski definition) is 1. The molecule has 72 valence electrons. The highest BCUT2D eigenvalue weighted by molar-refractivity contribution is 7.10. The zero-order valence-corrected chi connectivity index (χ0v) is 9.19. The topological polar surface area (TPSA) is 26.0 Å². The van der Waals surface area contributed by atoms with Crippen LogP contribution in [0.3, 0.4) is 0 Å². The van der Waals surface area contributed by atoms with Crippen LogP contribution in [0.1, 0.15) is 10.4 Å². The Morgan fingerprint density at radius 1 is 1.00 bits per heavy atom. The van der Waals surface area contributed by atoms with E-state index in [2.05, 4.69) is 31.4 Å². The van der Waals surface area contributed by atoms with Crippen molar-refractivity contribution < 1.29 is 0 Å². The van der Waals surface area contributed by atoms with Crippen LogP contribution in [0.5, 0.6) is 0 Å². The Kier molecular flexibility index (Phi) is 2.30. The van der Waals surface area contributed by atoms with Crippen LogP contribution in [0.15, 0.2) is 29.6 Å². The first-order chi connectivity index (χ1) is 6.65. The van der Waals surface area contributed by atoms with Crippen molar-refractivity contribution in [3.05, 3.63) is 40.1 Å². The first kappa shape index (κ1) is 9.28. The van der Waals surface area contributed by atoms with Crippen LogP contribution >= 0.6 is 11.3 Å². The van der Waals surface area contributed by atoms with Gasteiger partial charge in [0.15, 0.2) is 0 Å². The van der Waals surface area contributed by atoms with Gasteiger partial charge in [0.25, 0.3) is 0 Å². The number of nitrogens with two attached hydrogens (primary N) is 1. The van der Waals surface area contributed by atoms with Gasteiger partial charge in [-0.15, -0.1) is 11.3 Å². The fourth-order valence-corrected chi connectivity index (χ4v) is 2.29. The molecule has 0 spiro atoms. The van der Waals surface area contributed by atoms with Gasteiger partial charge >= 0.3 is 0 Å². The summed E-state index contributed by atoms with van der Waals surface area (Å²) in [5.74, 6) is 0. The fraction of sp³-hybridized carbons (Fsp3) is 0.167. The lowest BCUT2D eigenvalue weighted by molar-refractivity contribution is 1.47. The molecule has 0 fully saturated rings. The molecular weight excluding hydrogens is 190 g/mol. The Labute approximate surface area is 88.2 Å². The van der Waals surface area contributed by atoms with Gasteiger partial charge < -0.3 is 5.73 Å². The molecule has 2 rings (SSSR count). The first-order valence-corrected chi connectivity index (χ1v) is 5.46. The molecule has 0 bridgehead atoms. The van der Waals surface area contributed by atoms with Gasteiger partial charge in [-0.3, -0.25) is 0 Å². The van der Waals surface area contributed by atoms with Crippen molar-refractivity contribution in [2.45, 2.75) is 13.8 Å². The van der Waals surface area contributed by atoms with Crippen molar-refractivity contribution in [2.75, 3.05) is 5.73 Å². The lowest BCUT2D eigenvalue weighted by Gasteiger charge is -2.02. The van der Waals surface area contributed by atoms with Crippen molar-refractivity contribution in [3.63, 3.8) is 0 Å². The van der Waals surface area contributed by atoms with Crippen LogP contribution in [0, 0.1) is 13.8 Å². The Bertz CT molecular complexity index is 437. The molecule has 0 radical (unpaired) electrons. The molecule has 0 atom stereocenters. The molecular formula is C12H13NS. The molecule has 1 aromatic carbocycles. The first-order valence-electron chi connectivity index (χ1n) is 4.58. The van der Waals surface area contributed by atoms with E-state index < -0.39 is 0 Å². The highest BCUT2D eigenvalue weighted by Gasteiger charge is 2.01. The number of thiophene rings is 1. The van der Waals surface area contributed by atoms with Crippen LogP contribution in [0.4, 0.5) is 5.69 Å². The lowest BCUT2D eigenvalue weighted by atomic mass is 10.1. The molecule has 14 heavy (non-hydrogen) atoms. The molecule has 2 aromatic rings. The van der Waals surface area contributed by atoms with Gasteiger partial charge in [-0.25, -0.2) is 0 Å². The minimum absolute atomic E-state index is 0.837. The van der Waals surface area contributed by atoms with E-state index in [0.29, 0.717) is 0 Å². The summed E-state index contributed by atoms with van der Waals surface area (Å²) in [6.07, 6.45) is 0. The van der Waals surface area contributed by atoms with E-state index in [1.165, 1.54) is 21.6 Å². The number of benzene rings is 1. The summed E-state index contributed by atoms with van der Waals surface area (Å²) in [5.41, 5.74) is 10.3. The summed E-state index contributed by atoms with van der Waals surface area (Å²) < 4.78 is 0. The van der Waals surface area contributed by atoms with Gasteiger partial charge in [0.05, 0.1) is 0 Å². The van der Waals surface area contributed by atoms with Gasteiger partial charge in [-0.05, 0) is 54.1 Å². The number of hydrogen-bond acceptors (Lipinski definition) is 2. The molecule has 1 aromatic heterocycles. The van der Waals surface area contributed by atoms with Crippen LogP contribution < -0.4 is 5.73 Å². The highest BCUT2D eigenvalue weighted by Crippen LogP contribution is 2.27. The Balaban J connectivity index is 2.51. The molecule has 0 saturated heterocycles. The van der Waals surface area contributed by atoms with Crippen LogP contribution in [-0.2, 0) is 0 Å². The SMILES string of the molecule is Cc1cc(N)cc(-c2csc(C)c2)c1. The van der Waals surface area contributed by atoms with E-state index in [1.54, 1.807) is 11.3 Å². The second-order valence-corrected chi connectivity index (χ2v) is 4.69. The van der Waals surface area contributed by atoms with E-state index in [4.69, 9.17) is 5.73 Å². The van der Waals surface area contributed by atoms with E-state index in [1.807, 2.05) is 12.1 Å². The van der Waals surface area contributed by atoms with Gasteiger partial charge in [0.1, 0.15) is 0 Å². The summed E-state index contributed by atoms with van der Waals surface area (Å²) in [4.78, 5) is 1.33. The summed E-state index contributed by atoms with van der Waals surface area (Å²) in [5, 5.41) is 2.17. The van der Waals surface area contributed by atoms with E-state index >= 15 is 0 Å². The van der Waals surface area contributed by atoms with Crippen LogP contribution in [0.25, 0.3) is 11.1 Å². The third-order valence-electron chi connectivity index (χ3n) is 2.16. The average molecular weight is 203 g/mol. The van der Waals surface area contributed by atoms with E-state index in [-0.39, 0.29) is 0 Å². The van der Waals surface area contributed by atoms with Crippen molar-refractivity contribution in [2.24, 2.45) is 0 Å². The molecule has 2 heteroatoms. The Morgan fingerprint density at radius 2 is 1.79 bits per heavy atom. The molecule has 0 unspecified atom stereocenters. The van der Waals surface area contributed by atoms with E-state index in [9.17, 15) is 0 Å². The fourth-order valence-electron chi connectivity index (χ4n) is 1.57. The summed E-state index contributed by atoms with van der Waals surface area (Å²) in [6.45, 7) is 4.19. The smallest absolute Gasteiger partial charge is 0.0322 e. The number of aryl methyl sites for hydroxylation is 2. The molecule has 0 amide bonds. The van der Waals surface area contributed by atoms with Crippen LogP contribution in [0.2, 0.25) is 0 Å². The quantitative estimate of drug-likeness (QED) is 0.704. The van der Waals surface area contributed by atoms with Crippen molar-refractivity contribution in [1.82, 2.24) is 0 Å². The van der Waals surface area contributed by atoms with Crippen molar-refractivity contribution >= 4 is 17.0 Å². The highest BCUT2D eigenvalue weighted by atomic mass is 32.1. The third-order valence-corrected chi connectivity index (χ3v) is 3.02. The number of nitrogen functional groups attached to an aromatic ring is 1. The molecule has 0 aliphatic carbocycles. The Morgan fingerprint density at radius 3 is 2.36 bits per heavy atom. The summed E-state index contributed by atoms with van der Waals surface area (Å²) in [7, 11) is 0. The molecule has 2 N–H and O–H groups in total. The monoisotopic (exact) mass is 203 g/mol. The van der Waals surface area contributed by atoms with Crippen molar-refractivity contribution in [3.8, 4) is 11.1 Å². The van der Waals surface area contributed by atoms with Crippen molar-refractivity contribution in [1.29, 1.82) is 0 Å². The lowest BCUT2D eigenvalue weighted by Crippen LogP contribution is -1.86. The minimum Gasteiger partial charge on any atom is -0.399 e. The maximum Gasteiger partial charge on any atom is 0.0322 e. The predicted molar refractivity (Wildman–Crippen MR) is 63.6 cm³/mol. The third kappa shape index (κ3) is 1.80. The van der Waals surface area contributed by atoms with Crippen LogP contribution in [-0.4, -0.2) is 0 Å². The molecule has 1 heterocycles. The van der Waals surface area contributed by atoms with Gasteiger partial charge in [0.2, 0.25) is 0 Å². The molecule has 0 aliphatic rings. The average Bonchev–Trinajstić information content (AvgIpc) is 2.50. The zero-order valence-electron chi connectivity index (χ0n) is 8.37. The normalized spacial score (nSPS) is 10.4. The predicted octanol–water partition coefficient (Wildman–Crippen LogP) is 3.61. The Hall–Kier alpha value is -1.28. The molecule has 1 nitrogen and oxygen atoms in total. The van der Waals surface area contributed by atoms with Gasteiger partial charge in [0, 0.05) is 10.6 Å². The maximum absolute atomic E-state index is 5.81. The number of anilines is 1. The molecule has 0 saturated carbocycles. The maximum atomic E-state index is 5.81.